The summed E-state index contributed by atoms with van der Waals surface area (Å²) >= 11 is 0.877. The number of carboxylic acid groups (broad SMARTS) is 1. The summed E-state index contributed by atoms with van der Waals surface area (Å²) in [6, 6.07) is 22.1. The van der Waals surface area contributed by atoms with E-state index in [1.807, 2.05) is 42.5 Å². The van der Waals surface area contributed by atoms with Crippen molar-refractivity contribution in [2.75, 3.05) is 0 Å². The molecule has 0 unspecified atom stereocenters. The number of carbonyl (C=O) groups is 3. The molecule has 3 aromatic carbocycles. The van der Waals surface area contributed by atoms with Crippen LogP contribution in [0.5, 0.6) is 0 Å². The molecule has 0 radical (unpaired) electrons. The van der Waals surface area contributed by atoms with E-state index in [2.05, 4.69) is 0 Å². The van der Waals surface area contributed by atoms with Gasteiger partial charge in [0, 0.05) is 11.6 Å². The second-order valence-corrected chi connectivity index (χ2v) is 8.88. The summed E-state index contributed by atoms with van der Waals surface area (Å²) < 4.78 is 5.88. The van der Waals surface area contributed by atoms with E-state index in [0.29, 0.717) is 22.6 Å². The first-order chi connectivity index (χ1) is 16.4. The first-order valence-corrected chi connectivity index (χ1v) is 11.4. The second kappa shape index (κ2) is 8.68. The SMILES string of the molecule is Cc1c(C(=O)O)cccc1-c1ccc(/C=C2/SC(=O)N(Cc3cccc4ccccc34)C2=O)o1. The molecule has 1 saturated heterocycles. The monoisotopic (exact) mass is 469 g/mol. The predicted molar refractivity (Wildman–Crippen MR) is 131 cm³/mol. The number of hydrogen-bond donors (Lipinski definition) is 1. The number of nitrogens with zero attached hydrogens (tertiary/aromatic N) is 1. The summed E-state index contributed by atoms with van der Waals surface area (Å²) in [5.74, 6) is -0.483. The molecule has 2 heterocycles. The summed E-state index contributed by atoms with van der Waals surface area (Å²) in [7, 11) is 0. The van der Waals surface area contributed by atoms with Gasteiger partial charge in [0.05, 0.1) is 17.0 Å². The smallest absolute Gasteiger partial charge is 0.335 e. The second-order valence-electron chi connectivity index (χ2n) is 7.89. The van der Waals surface area contributed by atoms with Crippen LogP contribution in [0.25, 0.3) is 28.2 Å². The summed E-state index contributed by atoms with van der Waals surface area (Å²) in [5.41, 5.74) is 2.34. The zero-order valence-corrected chi connectivity index (χ0v) is 19.0. The topological polar surface area (TPSA) is 87.8 Å². The van der Waals surface area contributed by atoms with E-state index in [0.717, 1.165) is 28.1 Å². The van der Waals surface area contributed by atoms with E-state index < -0.39 is 5.97 Å². The maximum absolute atomic E-state index is 13.0. The van der Waals surface area contributed by atoms with Crippen molar-refractivity contribution in [3.8, 4) is 11.3 Å². The third-order valence-corrected chi connectivity index (χ3v) is 6.72. The molecule has 1 N–H and O–H groups in total. The van der Waals surface area contributed by atoms with Crippen molar-refractivity contribution in [1.82, 2.24) is 4.90 Å². The molecular formula is C27H19NO5S. The maximum Gasteiger partial charge on any atom is 0.335 e. The lowest BCUT2D eigenvalue weighted by atomic mass is 10.0. The highest BCUT2D eigenvalue weighted by Gasteiger charge is 2.35. The Kier molecular flexibility index (Phi) is 5.55. The summed E-state index contributed by atoms with van der Waals surface area (Å²) in [5, 5.41) is 11.1. The molecule has 6 nitrogen and oxygen atoms in total. The fraction of sp³-hybridized carbons (Fsp3) is 0.0741. The quantitative estimate of drug-likeness (QED) is 0.343. The van der Waals surface area contributed by atoms with Gasteiger partial charge in [-0.25, -0.2) is 4.79 Å². The van der Waals surface area contributed by atoms with Gasteiger partial charge < -0.3 is 9.52 Å². The molecule has 7 heteroatoms. The minimum Gasteiger partial charge on any atom is -0.478 e. The third-order valence-electron chi connectivity index (χ3n) is 5.81. The highest BCUT2D eigenvalue weighted by Crippen LogP contribution is 2.35. The molecule has 168 valence electrons. The summed E-state index contributed by atoms with van der Waals surface area (Å²) in [6.07, 6.45) is 1.55. The van der Waals surface area contributed by atoms with Crippen LogP contribution in [0.15, 0.2) is 82.1 Å². The van der Waals surface area contributed by atoms with Crippen molar-refractivity contribution in [2.45, 2.75) is 13.5 Å². The minimum absolute atomic E-state index is 0.188. The van der Waals surface area contributed by atoms with E-state index in [9.17, 15) is 19.5 Å². The Morgan fingerprint density at radius 2 is 1.76 bits per heavy atom. The minimum atomic E-state index is -1.01. The van der Waals surface area contributed by atoms with Crippen molar-refractivity contribution < 1.29 is 23.9 Å². The van der Waals surface area contributed by atoms with Crippen LogP contribution in [0.2, 0.25) is 0 Å². The van der Waals surface area contributed by atoms with Crippen LogP contribution in [0.1, 0.15) is 27.2 Å². The van der Waals surface area contributed by atoms with E-state index in [-0.39, 0.29) is 28.2 Å². The molecule has 5 rings (SSSR count). The van der Waals surface area contributed by atoms with E-state index in [4.69, 9.17) is 4.42 Å². The van der Waals surface area contributed by atoms with Crippen LogP contribution in [0.3, 0.4) is 0 Å². The number of furan rings is 1. The number of aromatic carboxylic acids is 1. The summed E-state index contributed by atoms with van der Waals surface area (Å²) in [6.45, 7) is 1.91. The Labute approximate surface area is 199 Å². The Balaban J connectivity index is 1.40. The fourth-order valence-corrected chi connectivity index (χ4v) is 4.89. The van der Waals surface area contributed by atoms with Crippen LogP contribution < -0.4 is 0 Å². The van der Waals surface area contributed by atoms with Crippen LogP contribution in [-0.2, 0) is 11.3 Å². The number of imide groups is 1. The van der Waals surface area contributed by atoms with Crippen LogP contribution in [-0.4, -0.2) is 27.1 Å². The first-order valence-electron chi connectivity index (χ1n) is 10.6. The molecular weight excluding hydrogens is 450 g/mol. The Bertz CT molecular complexity index is 1490. The van der Waals surface area contributed by atoms with Gasteiger partial charge in [-0.15, -0.1) is 0 Å². The average Bonchev–Trinajstić information content (AvgIpc) is 3.39. The third kappa shape index (κ3) is 3.91. The number of thioether (sulfide) groups is 1. The molecule has 1 aliphatic heterocycles. The largest absolute Gasteiger partial charge is 0.478 e. The van der Waals surface area contributed by atoms with Gasteiger partial charge in [0.2, 0.25) is 0 Å². The lowest BCUT2D eigenvalue weighted by molar-refractivity contribution is -0.123. The molecule has 0 aliphatic carbocycles. The van der Waals surface area contributed by atoms with Gasteiger partial charge in [-0.05, 0) is 58.8 Å². The van der Waals surface area contributed by atoms with Crippen molar-refractivity contribution in [3.63, 3.8) is 0 Å². The highest BCUT2D eigenvalue weighted by molar-refractivity contribution is 8.18. The lowest BCUT2D eigenvalue weighted by Gasteiger charge is -2.14. The van der Waals surface area contributed by atoms with Crippen molar-refractivity contribution in [3.05, 3.63) is 100 Å². The maximum atomic E-state index is 13.0. The number of benzene rings is 3. The lowest BCUT2D eigenvalue weighted by Crippen LogP contribution is -2.27. The number of fused-ring (bicyclic) bond motifs is 1. The van der Waals surface area contributed by atoms with Gasteiger partial charge >= 0.3 is 5.97 Å². The molecule has 4 aromatic rings. The number of hydrogen-bond acceptors (Lipinski definition) is 5. The molecule has 34 heavy (non-hydrogen) atoms. The van der Waals surface area contributed by atoms with Gasteiger partial charge in [0.15, 0.2) is 0 Å². The zero-order valence-electron chi connectivity index (χ0n) is 18.1. The van der Waals surface area contributed by atoms with Crippen molar-refractivity contribution >= 4 is 45.7 Å². The number of rotatable bonds is 5. The molecule has 1 aliphatic rings. The molecule has 1 fully saturated rings. The Morgan fingerprint density at radius 3 is 2.59 bits per heavy atom. The first kappa shape index (κ1) is 21.7. The molecule has 0 spiro atoms. The highest BCUT2D eigenvalue weighted by atomic mass is 32.2. The molecule has 0 bridgehead atoms. The molecule has 2 amide bonds. The van der Waals surface area contributed by atoms with Gasteiger partial charge in [-0.1, -0.05) is 54.6 Å². The van der Waals surface area contributed by atoms with Crippen LogP contribution in [0, 0.1) is 6.92 Å². The Hall–Kier alpha value is -4.10. The number of amides is 2. The molecule has 0 atom stereocenters. The summed E-state index contributed by atoms with van der Waals surface area (Å²) in [4.78, 5) is 38.6. The standard InChI is InChI=1S/C27H19NO5S/c1-16-20(10-5-11-21(16)26(30)31)23-13-12-19(33-23)14-24-25(29)28(27(32)34-24)15-18-8-4-7-17-6-2-3-9-22(17)18/h2-14H,15H2,1H3,(H,30,31)/b24-14+. The normalized spacial score (nSPS) is 15.0. The van der Waals surface area contributed by atoms with Crippen molar-refractivity contribution in [2.24, 2.45) is 0 Å². The number of carbonyl (C=O) groups excluding carboxylic acids is 2. The van der Waals surface area contributed by atoms with Gasteiger partial charge in [-0.3, -0.25) is 14.5 Å². The number of carboxylic acids is 1. The zero-order chi connectivity index (χ0) is 23.8. The van der Waals surface area contributed by atoms with E-state index >= 15 is 0 Å². The van der Waals surface area contributed by atoms with E-state index in [1.54, 1.807) is 37.3 Å². The Morgan fingerprint density at radius 1 is 1.00 bits per heavy atom. The average molecular weight is 470 g/mol. The van der Waals surface area contributed by atoms with Gasteiger partial charge in [0.25, 0.3) is 11.1 Å². The van der Waals surface area contributed by atoms with Gasteiger partial charge in [-0.2, -0.15) is 0 Å². The van der Waals surface area contributed by atoms with Gasteiger partial charge in [0.1, 0.15) is 11.5 Å². The van der Waals surface area contributed by atoms with Crippen molar-refractivity contribution in [1.29, 1.82) is 0 Å². The predicted octanol–water partition coefficient (Wildman–Crippen LogP) is 6.34. The molecule has 0 saturated carbocycles. The van der Waals surface area contributed by atoms with Crippen LogP contribution in [0.4, 0.5) is 4.79 Å². The van der Waals surface area contributed by atoms with Crippen LogP contribution >= 0.6 is 11.8 Å². The molecule has 1 aromatic heterocycles. The fourth-order valence-electron chi connectivity index (χ4n) is 4.08. The van der Waals surface area contributed by atoms with E-state index in [1.165, 1.54) is 11.0 Å².